The summed E-state index contributed by atoms with van der Waals surface area (Å²) in [6.07, 6.45) is 1.75. The molecule has 0 atom stereocenters. The summed E-state index contributed by atoms with van der Waals surface area (Å²) in [5.41, 5.74) is 4.32. The Balaban J connectivity index is 2.02. The topological polar surface area (TPSA) is 46.6 Å². The van der Waals surface area contributed by atoms with E-state index in [0.717, 1.165) is 16.7 Å². The van der Waals surface area contributed by atoms with Crippen molar-refractivity contribution in [2.75, 3.05) is 7.11 Å². The lowest BCUT2D eigenvalue weighted by Gasteiger charge is -2.17. The smallest absolute Gasteiger partial charge is 0.340 e. The number of rotatable bonds is 4. The first-order valence-electron chi connectivity index (χ1n) is 8.45. The van der Waals surface area contributed by atoms with Gasteiger partial charge in [-0.1, -0.05) is 60.2 Å². The molecular weight excluding hydrogens is 326 g/mol. The van der Waals surface area contributed by atoms with Gasteiger partial charge in [0.15, 0.2) is 0 Å². The summed E-state index contributed by atoms with van der Waals surface area (Å²) in [5, 5.41) is 0. The predicted octanol–water partition coefficient (Wildman–Crippen LogP) is 3.87. The summed E-state index contributed by atoms with van der Waals surface area (Å²) >= 11 is 0. The fourth-order valence-electron chi connectivity index (χ4n) is 3.01. The van der Waals surface area contributed by atoms with Crippen LogP contribution in [0.15, 0.2) is 71.4 Å². The molecule has 0 N–H and O–H groups in total. The number of nitrogens with zero attached hydrogens (tertiary/aromatic N) is 1. The Morgan fingerprint density at radius 3 is 2.31 bits per heavy atom. The van der Waals surface area contributed by atoms with Gasteiger partial charge >= 0.3 is 5.97 Å². The van der Waals surface area contributed by atoms with Crippen molar-refractivity contribution < 1.29 is 14.3 Å². The maximum Gasteiger partial charge on any atom is 0.340 e. The van der Waals surface area contributed by atoms with E-state index in [1.165, 1.54) is 7.11 Å². The summed E-state index contributed by atoms with van der Waals surface area (Å²) in [6.45, 7) is 4.20. The molecule has 2 aromatic rings. The zero-order valence-electron chi connectivity index (χ0n) is 15.2. The van der Waals surface area contributed by atoms with E-state index in [0.29, 0.717) is 23.4 Å². The van der Waals surface area contributed by atoms with Crippen molar-refractivity contribution in [1.29, 1.82) is 0 Å². The van der Waals surface area contributed by atoms with Crippen LogP contribution >= 0.6 is 0 Å². The second-order valence-corrected chi connectivity index (χ2v) is 6.30. The van der Waals surface area contributed by atoms with Gasteiger partial charge in [-0.3, -0.25) is 4.79 Å². The summed E-state index contributed by atoms with van der Waals surface area (Å²) in [5.74, 6) is -0.683. The summed E-state index contributed by atoms with van der Waals surface area (Å²) in [4.78, 5) is 27.0. The number of ether oxygens (including phenoxy) is 1. The Morgan fingerprint density at radius 1 is 1.04 bits per heavy atom. The van der Waals surface area contributed by atoms with E-state index < -0.39 is 5.97 Å². The Bertz CT molecular complexity index is 893. The van der Waals surface area contributed by atoms with E-state index in [4.69, 9.17) is 4.74 Å². The maximum atomic E-state index is 13.0. The number of allylic oxidation sites excluding steroid dienone is 1. The third-order valence-electron chi connectivity index (χ3n) is 4.47. The zero-order valence-corrected chi connectivity index (χ0v) is 15.2. The molecule has 0 aliphatic carbocycles. The van der Waals surface area contributed by atoms with Crippen LogP contribution in [0.3, 0.4) is 0 Å². The predicted molar refractivity (Wildman–Crippen MR) is 101 cm³/mol. The number of hydrogen-bond acceptors (Lipinski definition) is 3. The molecule has 0 unspecified atom stereocenters. The highest BCUT2D eigenvalue weighted by Crippen LogP contribution is 2.32. The molecule has 132 valence electrons. The van der Waals surface area contributed by atoms with Crippen molar-refractivity contribution in [3.63, 3.8) is 0 Å². The van der Waals surface area contributed by atoms with Crippen LogP contribution < -0.4 is 0 Å². The van der Waals surface area contributed by atoms with Crippen LogP contribution in [0.4, 0.5) is 0 Å². The molecule has 0 fully saturated rings. The van der Waals surface area contributed by atoms with E-state index in [2.05, 4.69) is 0 Å². The Kier molecular flexibility index (Phi) is 5.03. The molecule has 4 heteroatoms. The number of amides is 1. The molecule has 2 aromatic carbocycles. The largest absolute Gasteiger partial charge is 0.465 e. The van der Waals surface area contributed by atoms with E-state index in [1.54, 1.807) is 17.9 Å². The average molecular weight is 347 g/mol. The van der Waals surface area contributed by atoms with Crippen LogP contribution in [0, 0.1) is 6.92 Å². The summed E-state index contributed by atoms with van der Waals surface area (Å²) in [7, 11) is 1.33. The number of aryl methyl sites for hydroxylation is 1. The molecule has 0 saturated heterocycles. The van der Waals surface area contributed by atoms with Crippen LogP contribution in [-0.2, 0) is 20.9 Å². The van der Waals surface area contributed by atoms with Crippen molar-refractivity contribution in [1.82, 2.24) is 4.90 Å². The van der Waals surface area contributed by atoms with Gasteiger partial charge in [-0.15, -0.1) is 0 Å². The highest BCUT2D eigenvalue weighted by atomic mass is 16.5. The van der Waals surface area contributed by atoms with Gasteiger partial charge in [0.25, 0.3) is 5.91 Å². The highest BCUT2D eigenvalue weighted by molar-refractivity contribution is 6.16. The molecule has 1 amide bonds. The molecule has 3 rings (SSSR count). The molecule has 4 nitrogen and oxygen atoms in total. The minimum Gasteiger partial charge on any atom is -0.465 e. The van der Waals surface area contributed by atoms with Gasteiger partial charge in [0, 0.05) is 5.70 Å². The first kappa shape index (κ1) is 17.7. The molecule has 0 saturated carbocycles. The minimum absolute atomic E-state index is 0.188. The zero-order chi connectivity index (χ0) is 18.7. The van der Waals surface area contributed by atoms with Crippen molar-refractivity contribution in [3.8, 4) is 0 Å². The standard InChI is InChI=1S/C22H21NO3/c1-15-9-11-17(12-10-15)13-19-20(22(25)26-3)16(2)23(21(19)24)14-18-7-5-4-6-8-18/h4-13H,14H2,1-3H3/b19-13+. The second kappa shape index (κ2) is 7.40. The Hall–Kier alpha value is -3.14. The molecule has 1 aliphatic rings. The SMILES string of the molecule is COC(=O)C1=C(C)N(Cc2ccccc2)C(=O)/C1=C/c1ccc(C)cc1. The molecule has 0 aromatic heterocycles. The normalized spacial score (nSPS) is 15.7. The van der Waals surface area contributed by atoms with Gasteiger partial charge in [0.1, 0.15) is 0 Å². The van der Waals surface area contributed by atoms with Crippen LogP contribution in [0.25, 0.3) is 6.08 Å². The van der Waals surface area contributed by atoms with E-state index >= 15 is 0 Å². The third-order valence-corrected chi connectivity index (χ3v) is 4.47. The average Bonchev–Trinajstić information content (AvgIpc) is 2.88. The fraction of sp³-hybridized carbons (Fsp3) is 0.182. The van der Waals surface area contributed by atoms with Crippen LogP contribution in [0.5, 0.6) is 0 Å². The minimum atomic E-state index is -0.496. The lowest BCUT2D eigenvalue weighted by molar-refractivity contribution is -0.136. The lowest BCUT2D eigenvalue weighted by atomic mass is 10.0. The molecule has 1 heterocycles. The first-order chi connectivity index (χ1) is 12.5. The number of esters is 1. The number of hydrogen-bond donors (Lipinski definition) is 0. The van der Waals surface area contributed by atoms with Crippen LogP contribution in [-0.4, -0.2) is 23.9 Å². The summed E-state index contributed by atoms with van der Waals surface area (Å²) < 4.78 is 4.92. The maximum absolute atomic E-state index is 13.0. The van der Waals surface area contributed by atoms with Crippen molar-refractivity contribution in [2.45, 2.75) is 20.4 Å². The molecule has 26 heavy (non-hydrogen) atoms. The molecular formula is C22H21NO3. The van der Waals surface area contributed by atoms with Crippen molar-refractivity contribution in [2.24, 2.45) is 0 Å². The van der Waals surface area contributed by atoms with Gasteiger partial charge in [0.2, 0.25) is 0 Å². The number of carbonyl (C=O) groups excluding carboxylic acids is 2. The van der Waals surface area contributed by atoms with Crippen molar-refractivity contribution in [3.05, 3.63) is 88.1 Å². The monoisotopic (exact) mass is 347 g/mol. The van der Waals surface area contributed by atoms with Crippen molar-refractivity contribution >= 4 is 18.0 Å². The van der Waals surface area contributed by atoms with E-state index in [1.807, 2.05) is 61.5 Å². The van der Waals surface area contributed by atoms with Gasteiger partial charge in [-0.05, 0) is 31.1 Å². The fourth-order valence-corrected chi connectivity index (χ4v) is 3.01. The molecule has 0 radical (unpaired) electrons. The number of carbonyl (C=O) groups is 2. The Labute approximate surface area is 153 Å². The quantitative estimate of drug-likeness (QED) is 0.623. The highest BCUT2D eigenvalue weighted by Gasteiger charge is 2.36. The lowest BCUT2D eigenvalue weighted by Crippen LogP contribution is -2.24. The van der Waals surface area contributed by atoms with Crippen LogP contribution in [0.1, 0.15) is 23.6 Å². The molecule has 0 spiro atoms. The Morgan fingerprint density at radius 2 is 1.69 bits per heavy atom. The molecule has 1 aliphatic heterocycles. The number of benzene rings is 2. The van der Waals surface area contributed by atoms with E-state index in [-0.39, 0.29) is 5.91 Å². The van der Waals surface area contributed by atoms with Gasteiger partial charge in [-0.2, -0.15) is 0 Å². The third kappa shape index (κ3) is 3.45. The van der Waals surface area contributed by atoms with Gasteiger partial charge < -0.3 is 9.64 Å². The van der Waals surface area contributed by atoms with Gasteiger partial charge in [-0.25, -0.2) is 4.79 Å². The second-order valence-electron chi connectivity index (χ2n) is 6.30. The van der Waals surface area contributed by atoms with Crippen LogP contribution in [0.2, 0.25) is 0 Å². The number of methoxy groups -OCH3 is 1. The summed E-state index contributed by atoms with van der Waals surface area (Å²) in [6, 6.07) is 17.5. The van der Waals surface area contributed by atoms with Gasteiger partial charge in [0.05, 0.1) is 24.8 Å². The molecule has 0 bridgehead atoms. The van der Waals surface area contributed by atoms with E-state index in [9.17, 15) is 9.59 Å². The first-order valence-corrected chi connectivity index (χ1v) is 8.45.